The van der Waals surface area contributed by atoms with Crippen LogP contribution in [0, 0.1) is 11.3 Å². The summed E-state index contributed by atoms with van der Waals surface area (Å²) in [5.74, 6) is 0.968. The lowest BCUT2D eigenvalue weighted by Gasteiger charge is -2.24. The highest BCUT2D eigenvalue weighted by Gasteiger charge is 2.27. The number of carbonyl (C=O) groups is 1. The number of amides is 1. The Balaban J connectivity index is 1.82. The minimum Gasteiger partial charge on any atom is -0.343 e. The molecular formula is C14H26N2O. The molecule has 1 amide bonds. The van der Waals surface area contributed by atoms with Gasteiger partial charge in [-0.15, -0.1) is 0 Å². The maximum atomic E-state index is 12.2. The minimum absolute atomic E-state index is 0.386. The number of rotatable bonds is 2. The van der Waals surface area contributed by atoms with Gasteiger partial charge in [-0.05, 0) is 50.1 Å². The molecule has 0 aliphatic carbocycles. The highest BCUT2D eigenvalue weighted by Crippen LogP contribution is 2.30. The molecule has 2 saturated heterocycles. The number of nitrogens with zero attached hydrogens (tertiary/aromatic N) is 1. The van der Waals surface area contributed by atoms with E-state index in [2.05, 4.69) is 24.1 Å². The van der Waals surface area contributed by atoms with E-state index < -0.39 is 0 Å². The lowest BCUT2D eigenvalue weighted by atomic mass is 9.85. The Kier molecular flexibility index (Phi) is 4.08. The van der Waals surface area contributed by atoms with Crippen LogP contribution in [0.25, 0.3) is 0 Å². The fourth-order valence-corrected chi connectivity index (χ4v) is 2.94. The summed E-state index contributed by atoms with van der Waals surface area (Å²) in [5.41, 5.74) is 0.421. The Hall–Kier alpha value is -0.570. The van der Waals surface area contributed by atoms with Gasteiger partial charge in [-0.3, -0.25) is 4.79 Å². The van der Waals surface area contributed by atoms with Crippen LogP contribution >= 0.6 is 0 Å². The summed E-state index contributed by atoms with van der Waals surface area (Å²) < 4.78 is 0. The molecule has 0 aromatic heterocycles. The van der Waals surface area contributed by atoms with Gasteiger partial charge in [-0.1, -0.05) is 13.8 Å². The minimum atomic E-state index is 0.386. The summed E-state index contributed by atoms with van der Waals surface area (Å²) in [5, 5.41) is 3.34. The molecule has 1 N–H and O–H groups in total. The Bertz CT molecular complexity index is 269. The van der Waals surface area contributed by atoms with E-state index in [4.69, 9.17) is 0 Å². The monoisotopic (exact) mass is 238 g/mol. The molecule has 3 heteroatoms. The molecule has 0 spiro atoms. The van der Waals surface area contributed by atoms with Crippen LogP contribution in [0.1, 0.15) is 46.0 Å². The van der Waals surface area contributed by atoms with E-state index in [-0.39, 0.29) is 0 Å². The maximum Gasteiger partial charge on any atom is 0.222 e. The van der Waals surface area contributed by atoms with E-state index >= 15 is 0 Å². The summed E-state index contributed by atoms with van der Waals surface area (Å²) in [7, 11) is 0. The standard InChI is InChI=1S/C14H26N2O/c1-14(2)5-3-8-16(9-6-14)13(17)10-12-4-7-15-11-12/h12,15H,3-11H2,1-2H3. The molecule has 98 valence electrons. The number of hydrogen-bond donors (Lipinski definition) is 1. The van der Waals surface area contributed by atoms with Gasteiger partial charge in [0.25, 0.3) is 0 Å². The smallest absolute Gasteiger partial charge is 0.222 e. The van der Waals surface area contributed by atoms with Gasteiger partial charge in [0.05, 0.1) is 0 Å². The van der Waals surface area contributed by atoms with Crippen LogP contribution in [0.5, 0.6) is 0 Å². The molecule has 3 nitrogen and oxygen atoms in total. The quantitative estimate of drug-likeness (QED) is 0.798. The lowest BCUT2D eigenvalue weighted by molar-refractivity contribution is -0.132. The van der Waals surface area contributed by atoms with Crippen LogP contribution < -0.4 is 5.32 Å². The van der Waals surface area contributed by atoms with E-state index in [1.807, 2.05) is 0 Å². The fraction of sp³-hybridized carbons (Fsp3) is 0.929. The van der Waals surface area contributed by atoms with Gasteiger partial charge in [-0.2, -0.15) is 0 Å². The van der Waals surface area contributed by atoms with Gasteiger partial charge in [0.2, 0.25) is 5.91 Å². The molecule has 0 bridgehead atoms. The van der Waals surface area contributed by atoms with E-state index in [1.54, 1.807) is 0 Å². The Labute approximate surface area is 105 Å². The molecule has 0 aromatic rings. The summed E-state index contributed by atoms with van der Waals surface area (Å²) in [6, 6.07) is 0. The number of likely N-dealkylation sites (tertiary alicyclic amines) is 1. The van der Waals surface area contributed by atoms with Crippen LogP contribution in [0.4, 0.5) is 0 Å². The topological polar surface area (TPSA) is 32.3 Å². The summed E-state index contributed by atoms with van der Waals surface area (Å²) >= 11 is 0. The number of nitrogens with one attached hydrogen (secondary N) is 1. The highest BCUT2D eigenvalue weighted by atomic mass is 16.2. The predicted octanol–water partition coefficient (Wildman–Crippen LogP) is 2.02. The molecule has 0 radical (unpaired) electrons. The Morgan fingerprint density at radius 3 is 2.88 bits per heavy atom. The molecule has 2 fully saturated rings. The van der Waals surface area contributed by atoms with Crippen molar-refractivity contribution >= 4 is 5.91 Å². The molecule has 2 aliphatic heterocycles. The summed E-state index contributed by atoms with van der Waals surface area (Å²) in [4.78, 5) is 14.3. The van der Waals surface area contributed by atoms with Crippen molar-refractivity contribution in [2.75, 3.05) is 26.2 Å². The molecular weight excluding hydrogens is 212 g/mol. The zero-order valence-corrected chi connectivity index (χ0v) is 11.3. The van der Waals surface area contributed by atoms with Gasteiger partial charge in [0.1, 0.15) is 0 Å². The molecule has 1 atom stereocenters. The number of carbonyl (C=O) groups excluding carboxylic acids is 1. The van der Waals surface area contributed by atoms with Crippen LogP contribution in [0.3, 0.4) is 0 Å². The largest absolute Gasteiger partial charge is 0.343 e. The Morgan fingerprint density at radius 1 is 1.35 bits per heavy atom. The molecule has 0 saturated carbocycles. The second-order valence-electron chi connectivity index (χ2n) is 6.46. The third-order valence-corrected chi connectivity index (χ3v) is 4.32. The van der Waals surface area contributed by atoms with Crippen molar-refractivity contribution in [1.82, 2.24) is 10.2 Å². The fourth-order valence-electron chi connectivity index (χ4n) is 2.94. The second kappa shape index (κ2) is 5.38. The zero-order chi connectivity index (χ0) is 12.3. The first-order chi connectivity index (χ1) is 8.07. The predicted molar refractivity (Wildman–Crippen MR) is 69.8 cm³/mol. The van der Waals surface area contributed by atoms with Gasteiger partial charge >= 0.3 is 0 Å². The first-order valence-corrected chi connectivity index (χ1v) is 7.05. The van der Waals surface area contributed by atoms with Gasteiger partial charge in [0.15, 0.2) is 0 Å². The molecule has 1 unspecified atom stereocenters. The SMILES string of the molecule is CC1(C)CCCN(C(=O)CC2CCNC2)CC1. The van der Waals surface area contributed by atoms with E-state index in [0.717, 1.165) is 39.0 Å². The third kappa shape index (κ3) is 3.70. The lowest BCUT2D eigenvalue weighted by Crippen LogP contribution is -2.33. The van der Waals surface area contributed by atoms with Gasteiger partial charge < -0.3 is 10.2 Å². The van der Waals surface area contributed by atoms with Gasteiger partial charge in [-0.25, -0.2) is 0 Å². The third-order valence-electron chi connectivity index (χ3n) is 4.32. The van der Waals surface area contributed by atoms with Crippen molar-refractivity contribution in [1.29, 1.82) is 0 Å². The van der Waals surface area contributed by atoms with Crippen LogP contribution in [-0.2, 0) is 4.79 Å². The van der Waals surface area contributed by atoms with Crippen molar-refractivity contribution in [3.05, 3.63) is 0 Å². The van der Waals surface area contributed by atoms with Crippen molar-refractivity contribution in [2.45, 2.75) is 46.0 Å². The van der Waals surface area contributed by atoms with Crippen LogP contribution in [-0.4, -0.2) is 37.0 Å². The van der Waals surface area contributed by atoms with Crippen LogP contribution in [0.15, 0.2) is 0 Å². The normalized spacial score (nSPS) is 29.1. The van der Waals surface area contributed by atoms with Gasteiger partial charge in [0, 0.05) is 19.5 Å². The first kappa shape index (κ1) is 12.9. The van der Waals surface area contributed by atoms with Crippen molar-refractivity contribution in [2.24, 2.45) is 11.3 Å². The van der Waals surface area contributed by atoms with Crippen molar-refractivity contribution in [3.8, 4) is 0 Å². The summed E-state index contributed by atoms with van der Waals surface area (Å²) in [6.07, 6.45) is 5.50. The Morgan fingerprint density at radius 2 is 2.18 bits per heavy atom. The number of hydrogen-bond acceptors (Lipinski definition) is 2. The molecule has 0 aromatic carbocycles. The van der Waals surface area contributed by atoms with E-state index in [9.17, 15) is 4.79 Å². The molecule has 17 heavy (non-hydrogen) atoms. The summed E-state index contributed by atoms with van der Waals surface area (Å²) in [6.45, 7) is 8.70. The zero-order valence-electron chi connectivity index (χ0n) is 11.3. The van der Waals surface area contributed by atoms with E-state index in [1.165, 1.54) is 19.3 Å². The van der Waals surface area contributed by atoms with Crippen molar-refractivity contribution < 1.29 is 4.79 Å². The first-order valence-electron chi connectivity index (χ1n) is 7.05. The average Bonchev–Trinajstić information content (AvgIpc) is 2.68. The molecule has 2 rings (SSSR count). The van der Waals surface area contributed by atoms with Crippen LogP contribution in [0.2, 0.25) is 0 Å². The molecule has 2 aliphatic rings. The van der Waals surface area contributed by atoms with Crippen molar-refractivity contribution in [3.63, 3.8) is 0 Å². The molecule has 2 heterocycles. The highest BCUT2D eigenvalue weighted by molar-refractivity contribution is 5.76. The van der Waals surface area contributed by atoms with E-state index in [0.29, 0.717) is 17.2 Å². The maximum absolute atomic E-state index is 12.2. The second-order valence-corrected chi connectivity index (χ2v) is 6.46. The average molecular weight is 238 g/mol.